The van der Waals surface area contributed by atoms with Crippen molar-refractivity contribution in [2.45, 2.75) is 51.0 Å². The Balaban J connectivity index is 1.66. The highest BCUT2D eigenvalue weighted by molar-refractivity contribution is 5.85. The van der Waals surface area contributed by atoms with Gasteiger partial charge in [0, 0.05) is 26.2 Å². The van der Waals surface area contributed by atoms with Crippen LogP contribution in [0.4, 0.5) is 5.82 Å². The molecule has 7 nitrogen and oxygen atoms in total. The number of nitrogens with zero attached hydrogens (tertiary/aromatic N) is 5. The van der Waals surface area contributed by atoms with Crippen LogP contribution < -0.4 is 4.90 Å². The monoisotopic (exact) mass is 407 g/mol. The van der Waals surface area contributed by atoms with Crippen LogP contribution in [0.25, 0.3) is 11.0 Å². The van der Waals surface area contributed by atoms with Crippen LogP contribution in [0.1, 0.15) is 50.6 Å². The first-order chi connectivity index (χ1) is 14.7. The fourth-order valence-electron chi connectivity index (χ4n) is 4.35. The third-order valence-corrected chi connectivity index (χ3v) is 6.17. The predicted molar refractivity (Wildman–Crippen MR) is 115 cm³/mol. The Kier molecular flexibility index (Phi) is 6.44. The second-order valence-electron chi connectivity index (χ2n) is 8.10. The molecular weight excluding hydrogens is 378 g/mol. The minimum atomic E-state index is -1.07. The second kappa shape index (κ2) is 9.40. The highest BCUT2D eigenvalue weighted by atomic mass is 16.5. The first-order valence-electron chi connectivity index (χ1n) is 11.0. The largest absolute Gasteiger partial charge is 0.461 e. The standard InChI is InChI=1S/C23H29N5O2/c1-2-27-12-14-28(15-13-27)22-21(25-19-10-6-7-11-20(19)26-22)18(16-24)23(29)30-17-8-4-3-5-9-17/h6-7,10-11,17-18H,2-5,8-9,12-15H2,1H3/t18-/m0/s1. The molecule has 1 atom stereocenters. The van der Waals surface area contributed by atoms with Gasteiger partial charge in [0.15, 0.2) is 11.7 Å². The van der Waals surface area contributed by atoms with Crippen LogP contribution in [-0.2, 0) is 9.53 Å². The highest BCUT2D eigenvalue weighted by Crippen LogP contribution is 2.30. The molecule has 1 aliphatic heterocycles. The third-order valence-electron chi connectivity index (χ3n) is 6.17. The van der Waals surface area contributed by atoms with E-state index in [0.29, 0.717) is 17.0 Å². The molecule has 0 amide bonds. The minimum Gasteiger partial charge on any atom is -0.461 e. The Bertz CT molecular complexity index is 927. The molecule has 1 saturated carbocycles. The number of aromatic nitrogens is 2. The molecule has 2 heterocycles. The van der Waals surface area contributed by atoms with Crippen LogP contribution in [0.3, 0.4) is 0 Å². The third kappa shape index (κ3) is 4.39. The molecule has 30 heavy (non-hydrogen) atoms. The molecule has 0 radical (unpaired) electrons. The van der Waals surface area contributed by atoms with E-state index in [9.17, 15) is 10.1 Å². The topological polar surface area (TPSA) is 82.4 Å². The Morgan fingerprint density at radius 1 is 1.13 bits per heavy atom. The number of ether oxygens (including phenoxy) is 1. The number of esters is 1. The minimum absolute atomic E-state index is 0.0907. The number of carbonyl (C=O) groups is 1. The number of para-hydroxylation sites is 2. The molecule has 1 saturated heterocycles. The molecular formula is C23H29N5O2. The van der Waals surface area contributed by atoms with Crippen molar-refractivity contribution >= 4 is 22.8 Å². The van der Waals surface area contributed by atoms with Crippen LogP contribution in [0, 0.1) is 11.3 Å². The average Bonchev–Trinajstić information content (AvgIpc) is 2.80. The van der Waals surface area contributed by atoms with Gasteiger partial charge >= 0.3 is 5.97 Å². The van der Waals surface area contributed by atoms with Crippen LogP contribution in [0.5, 0.6) is 0 Å². The number of benzene rings is 1. The lowest BCUT2D eigenvalue weighted by Gasteiger charge is -2.35. The molecule has 158 valence electrons. The van der Waals surface area contributed by atoms with E-state index in [0.717, 1.165) is 63.9 Å². The van der Waals surface area contributed by atoms with Gasteiger partial charge in [-0.3, -0.25) is 4.79 Å². The lowest BCUT2D eigenvalue weighted by atomic mass is 9.97. The van der Waals surface area contributed by atoms with Crippen molar-refractivity contribution in [2.75, 3.05) is 37.6 Å². The summed E-state index contributed by atoms with van der Waals surface area (Å²) < 4.78 is 5.73. The number of nitriles is 1. The molecule has 1 aromatic heterocycles. The molecule has 0 bridgehead atoms. The number of rotatable bonds is 5. The van der Waals surface area contributed by atoms with Gasteiger partial charge in [-0.15, -0.1) is 0 Å². The maximum atomic E-state index is 13.0. The summed E-state index contributed by atoms with van der Waals surface area (Å²) in [5.74, 6) is -0.928. The first-order valence-corrected chi connectivity index (χ1v) is 11.0. The molecule has 4 rings (SSSR count). The lowest BCUT2D eigenvalue weighted by molar-refractivity contribution is -0.150. The van der Waals surface area contributed by atoms with Crippen LogP contribution in [-0.4, -0.2) is 59.7 Å². The Hall–Kier alpha value is -2.72. The van der Waals surface area contributed by atoms with Crippen molar-refractivity contribution in [2.24, 2.45) is 0 Å². The van der Waals surface area contributed by atoms with Crippen LogP contribution >= 0.6 is 0 Å². The van der Waals surface area contributed by atoms with E-state index >= 15 is 0 Å². The molecule has 2 aliphatic rings. The summed E-state index contributed by atoms with van der Waals surface area (Å²) in [6, 6.07) is 9.76. The van der Waals surface area contributed by atoms with Crippen molar-refractivity contribution < 1.29 is 9.53 Å². The average molecular weight is 408 g/mol. The maximum absolute atomic E-state index is 13.0. The molecule has 1 aliphatic carbocycles. The van der Waals surface area contributed by atoms with Crippen molar-refractivity contribution in [1.29, 1.82) is 5.26 Å². The van der Waals surface area contributed by atoms with Crippen molar-refractivity contribution in [3.8, 4) is 6.07 Å². The van der Waals surface area contributed by atoms with E-state index in [-0.39, 0.29) is 6.10 Å². The maximum Gasteiger partial charge on any atom is 0.329 e. The van der Waals surface area contributed by atoms with Gasteiger partial charge in [-0.2, -0.15) is 5.26 Å². The van der Waals surface area contributed by atoms with Gasteiger partial charge in [-0.1, -0.05) is 25.5 Å². The summed E-state index contributed by atoms with van der Waals surface area (Å²) in [4.78, 5) is 27.1. The number of carbonyl (C=O) groups excluding carboxylic acids is 1. The van der Waals surface area contributed by atoms with Crippen molar-refractivity contribution in [1.82, 2.24) is 14.9 Å². The number of anilines is 1. The van der Waals surface area contributed by atoms with E-state index in [1.54, 1.807) is 0 Å². The number of hydrogen-bond donors (Lipinski definition) is 0. The number of likely N-dealkylation sites (N-methyl/N-ethyl adjacent to an activating group) is 1. The van der Waals surface area contributed by atoms with E-state index in [2.05, 4.69) is 22.8 Å². The molecule has 7 heteroatoms. The van der Waals surface area contributed by atoms with Gasteiger partial charge < -0.3 is 14.5 Å². The summed E-state index contributed by atoms with van der Waals surface area (Å²) in [5, 5.41) is 9.91. The van der Waals surface area contributed by atoms with Gasteiger partial charge in [0.25, 0.3) is 0 Å². The van der Waals surface area contributed by atoms with E-state index in [1.807, 2.05) is 24.3 Å². The fourth-order valence-corrected chi connectivity index (χ4v) is 4.35. The fraction of sp³-hybridized carbons (Fsp3) is 0.565. The zero-order chi connectivity index (χ0) is 20.9. The van der Waals surface area contributed by atoms with E-state index in [1.165, 1.54) is 6.42 Å². The van der Waals surface area contributed by atoms with Gasteiger partial charge in [0.2, 0.25) is 0 Å². The van der Waals surface area contributed by atoms with Gasteiger partial charge in [0.05, 0.1) is 17.1 Å². The normalized spacial score (nSPS) is 19.4. The number of hydrogen-bond acceptors (Lipinski definition) is 7. The Morgan fingerprint density at radius 2 is 1.80 bits per heavy atom. The van der Waals surface area contributed by atoms with Crippen molar-refractivity contribution in [3.05, 3.63) is 30.0 Å². The number of fused-ring (bicyclic) bond motifs is 1. The highest BCUT2D eigenvalue weighted by Gasteiger charge is 2.32. The quantitative estimate of drug-likeness (QED) is 0.704. The van der Waals surface area contributed by atoms with Gasteiger partial charge in [-0.05, 0) is 44.4 Å². The molecule has 2 fully saturated rings. The number of piperazine rings is 1. The Morgan fingerprint density at radius 3 is 2.43 bits per heavy atom. The van der Waals surface area contributed by atoms with Crippen LogP contribution in [0.15, 0.2) is 24.3 Å². The van der Waals surface area contributed by atoms with Gasteiger partial charge in [0.1, 0.15) is 11.8 Å². The smallest absolute Gasteiger partial charge is 0.329 e. The summed E-state index contributed by atoms with van der Waals surface area (Å²) in [6.07, 6.45) is 4.97. The van der Waals surface area contributed by atoms with Gasteiger partial charge in [-0.25, -0.2) is 9.97 Å². The molecule has 0 unspecified atom stereocenters. The zero-order valence-electron chi connectivity index (χ0n) is 17.6. The van der Waals surface area contributed by atoms with Crippen LogP contribution in [0.2, 0.25) is 0 Å². The molecule has 0 N–H and O–H groups in total. The summed E-state index contributed by atoms with van der Waals surface area (Å²) >= 11 is 0. The summed E-state index contributed by atoms with van der Waals surface area (Å²) in [5.41, 5.74) is 1.88. The summed E-state index contributed by atoms with van der Waals surface area (Å²) in [6.45, 7) is 6.61. The molecule has 0 spiro atoms. The van der Waals surface area contributed by atoms with E-state index in [4.69, 9.17) is 14.7 Å². The second-order valence-corrected chi connectivity index (χ2v) is 8.10. The molecule has 2 aromatic rings. The Labute approximate surface area is 177 Å². The zero-order valence-corrected chi connectivity index (χ0v) is 17.6. The summed E-state index contributed by atoms with van der Waals surface area (Å²) in [7, 11) is 0. The predicted octanol–water partition coefficient (Wildman–Crippen LogP) is 3.25. The molecule has 1 aromatic carbocycles. The lowest BCUT2D eigenvalue weighted by Crippen LogP contribution is -2.47. The first kappa shape index (κ1) is 20.5. The van der Waals surface area contributed by atoms with Crippen molar-refractivity contribution in [3.63, 3.8) is 0 Å². The van der Waals surface area contributed by atoms with E-state index < -0.39 is 11.9 Å². The SMILES string of the molecule is CCN1CCN(c2nc3ccccc3nc2[C@H](C#N)C(=O)OC2CCCCC2)CC1.